The number of hydrogen-bond donors (Lipinski definition) is 1. The normalized spacial score (nSPS) is 10.5. The van der Waals surface area contributed by atoms with Crippen LogP contribution in [0.25, 0.3) is 11.3 Å². The first kappa shape index (κ1) is 12.3. The fourth-order valence-corrected chi connectivity index (χ4v) is 2.92. The van der Waals surface area contributed by atoms with Crippen LogP contribution < -0.4 is 0 Å². The van der Waals surface area contributed by atoms with Crippen LogP contribution in [0.2, 0.25) is 0 Å². The molecule has 0 atom stereocenters. The summed E-state index contributed by atoms with van der Waals surface area (Å²) in [5.74, 6) is -0.941. The lowest BCUT2D eigenvalue weighted by Gasteiger charge is -2.05. The van der Waals surface area contributed by atoms with Crippen molar-refractivity contribution in [2.45, 2.75) is 13.8 Å². The predicted octanol–water partition coefficient (Wildman–Crippen LogP) is 3.89. The first-order valence-corrected chi connectivity index (χ1v) is 6.57. The molecule has 0 spiro atoms. The van der Waals surface area contributed by atoms with Gasteiger partial charge in [-0.3, -0.25) is 0 Å². The van der Waals surface area contributed by atoms with Crippen LogP contribution >= 0.6 is 27.3 Å². The molecule has 5 heteroatoms. The van der Waals surface area contributed by atoms with Gasteiger partial charge in [0.1, 0.15) is 4.88 Å². The van der Waals surface area contributed by atoms with E-state index < -0.39 is 5.97 Å². The van der Waals surface area contributed by atoms with Crippen molar-refractivity contribution in [2.75, 3.05) is 0 Å². The smallest absolute Gasteiger partial charge is 0.348 e. The molecule has 0 aliphatic carbocycles. The zero-order valence-electron chi connectivity index (χ0n) is 9.32. The Morgan fingerprint density at radius 3 is 2.76 bits per heavy atom. The minimum atomic E-state index is -0.941. The Kier molecular flexibility index (Phi) is 3.31. The number of halogens is 1. The molecule has 0 amide bonds. The van der Waals surface area contributed by atoms with E-state index in [0.717, 1.165) is 28.0 Å². The van der Waals surface area contributed by atoms with Crippen molar-refractivity contribution in [3.8, 4) is 11.3 Å². The van der Waals surface area contributed by atoms with Crippen LogP contribution in [-0.2, 0) is 0 Å². The average Bonchev–Trinajstić information content (AvgIpc) is 2.64. The molecule has 1 heterocycles. The summed E-state index contributed by atoms with van der Waals surface area (Å²) < 4.78 is 0.589. The molecule has 0 aliphatic rings. The summed E-state index contributed by atoms with van der Waals surface area (Å²) in [6, 6.07) is 5.94. The van der Waals surface area contributed by atoms with E-state index in [1.54, 1.807) is 0 Å². The summed E-state index contributed by atoms with van der Waals surface area (Å²) in [5.41, 5.74) is 3.53. The van der Waals surface area contributed by atoms with Crippen LogP contribution in [0.5, 0.6) is 0 Å². The Morgan fingerprint density at radius 1 is 1.41 bits per heavy atom. The van der Waals surface area contributed by atoms with Gasteiger partial charge in [0.15, 0.2) is 3.92 Å². The SMILES string of the molecule is Cc1ccc(C)c(-c2nc(Br)sc2C(=O)O)c1. The molecule has 0 saturated carbocycles. The van der Waals surface area contributed by atoms with Crippen LogP contribution in [0, 0.1) is 13.8 Å². The standard InChI is InChI=1S/C12H10BrNO2S/c1-6-3-4-7(2)8(5-6)9-10(11(15)16)17-12(13)14-9/h3-5H,1-2H3,(H,15,16). The number of hydrogen-bond acceptors (Lipinski definition) is 3. The fraction of sp³-hybridized carbons (Fsp3) is 0.167. The van der Waals surface area contributed by atoms with Gasteiger partial charge in [-0.2, -0.15) is 0 Å². The van der Waals surface area contributed by atoms with E-state index in [0.29, 0.717) is 9.61 Å². The van der Waals surface area contributed by atoms with E-state index in [9.17, 15) is 4.79 Å². The number of carboxylic acid groups (broad SMARTS) is 1. The van der Waals surface area contributed by atoms with Gasteiger partial charge in [0.25, 0.3) is 0 Å². The number of aryl methyl sites for hydroxylation is 2. The van der Waals surface area contributed by atoms with Gasteiger partial charge in [-0.05, 0) is 41.4 Å². The van der Waals surface area contributed by atoms with Gasteiger partial charge in [0.05, 0.1) is 5.69 Å². The van der Waals surface area contributed by atoms with E-state index >= 15 is 0 Å². The van der Waals surface area contributed by atoms with Crippen LogP contribution in [0.1, 0.15) is 20.8 Å². The van der Waals surface area contributed by atoms with Gasteiger partial charge < -0.3 is 5.11 Å². The third-order valence-corrected chi connectivity index (χ3v) is 3.94. The second-order valence-corrected chi connectivity index (χ2v) is 6.04. The van der Waals surface area contributed by atoms with Gasteiger partial charge in [-0.25, -0.2) is 9.78 Å². The third-order valence-electron chi connectivity index (χ3n) is 2.44. The largest absolute Gasteiger partial charge is 0.477 e. The quantitative estimate of drug-likeness (QED) is 0.915. The van der Waals surface area contributed by atoms with E-state index in [4.69, 9.17) is 5.11 Å². The van der Waals surface area contributed by atoms with Crippen molar-refractivity contribution in [3.63, 3.8) is 0 Å². The van der Waals surface area contributed by atoms with Crippen LogP contribution in [-0.4, -0.2) is 16.1 Å². The number of thiazole rings is 1. The molecule has 2 aromatic rings. The fourth-order valence-electron chi connectivity index (χ4n) is 1.61. The van der Waals surface area contributed by atoms with Crippen LogP contribution in [0.4, 0.5) is 0 Å². The Hall–Kier alpha value is -1.20. The topological polar surface area (TPSA) is 50.2 Å². The van der Waals surface area contributed by atoms with Crippen molar-refractivity contribution in [1.29, 1.82) is 0 Å². The molecule has 1 aromatic carbocycles. The highest BCUT2D eigenvalue weighted by Gasteiger charge is 2.19. The van der Waals surface area contributed by atoms with Crippen molar-refractivity contribution in [2.24, 2.45) is 0 Å². The van der Waals surface area contributed by atoms with Gasteiger partial charge in [-0.15, -0.1) is 0 Å². The molecule has 88 valence electrons. The van der Waals surface area contributed by atoms with Gasteiger partial charge >= 0.3 is 5.97 Å². The summed E-state index contributed by atoms with van der Waals surface area (Å²) in [6.45, 7) is 3.93. The predicted molar refractivity (Wildman–Crippen MR) is 71.7 cm³/mol. The number of aromatic carboxylic acids is 1. The Morgan fingerprint density at radius 2 is 2.12 bits per heavy atom. The van der Waals surface area contributed by atoms with Gasteiger partial charge in [-0.1, -0.05) is 29.0 Å². The Bertz CT molecular complexity index is 592. The Balaban J connectivity index is 2.67. The number of rotatable bonds is 2. The maximum atomic E-state index is 11.2. The third kappa shape index (κ3) is 2.40. The number of carbonyl (C=O) groups is 1. The maximum absolute atomic E-state index is 11.2. The summed E-state index contributed by atoms with van der Waals surface area (Å²) >= 11 is 4.37. The second kappa shape index (κ2) is 4.58. The van der Waals surface area contributed by atoms with Gasteiger partial charge in [0, 0.05) is 5.56 Å². The second-order valence-electron chi connectivity index (χ2n) is 3.77. The lowest BCUT2D eigenvalue weighted by atomic mass is 10.0. The number of aromatic nitrogens is 1. The lowest BCUT2D eigenvalue weighted by molar-refractivity contribution is 0.0702. The van der Waals surface area contributed by atoms with Crippen molar-refractivity contribution in [3.05, 3.63) is 38.1 Å². The van der Waals surface area contributed by atoms with Crippen molar-refractivity contribution >= 4 is 33.2 Å². The molecule has 17 heavy (non-hydrogen) atoms. The molecule has 3 nitrogen and oxygen atoms in total. The molecule has 0 aliphatic heterocycles. The minimum Gasteiger partial charge on any atom is -0.477 e. The first-order valence-electron chi connectivity index (χ1n) is 4.96. The molecular formula is C12H10BrNO2S. The molecule has 0 saturated heterocycles. The van der Waals surface area contributed by atoms with E-state index in [-0.39, 0.29) is 4.88 Å². The summed E-state index contributed by atoms with van der Waals surface area (Å²) in [5, 5.41) is 9.15. The highest BCUT2D eigenvalue weighted by atomic mass is 79.9. The van der Waals surface area contributed by atoms with Gasteiger partial charge in [0.2, 0.25) is 0 Å². The number of carboxylic acids is 1. The first-order chi connectivity index (χ1) is 7.99. The van der Waals surface area contributed by atoms with E-state index in [1.807, 2.05) is 32.0 Å². The zero-order valence-corrected chi connectivity index (χ0v) is 11.7. The van der Waals surface area contributed by atoms with Crippen LogP contribution in [0.15, 0.2) is 22.1 Å². The van der Waals surface area contributed by atoms with Crippen LogP contribution in [0.3, 0.4) is 0 Å². The summed E-state index contributed by atoms with van der Waals surface area (Å²) in [6.07, 6.45) is 0. The molecule has 2 rings (SSSR count). The highest BCUT2D eigenvalue weighted by Crippen LogP contribution is 2.33. The average molecular weight is 312 g/mol. The minimum absolute atomic E-state index is 0.269. The lowest BCUT2D eigenvalue weighted by Crippen LogP contribution is -1.96. The Labute approximate surface area is 111 Å². The number of benzene rings is 1. The molecule has 0 bridgehead atoms. The van der Waals surface area contributed by atoms with E-state index in [1.165, 1.54) is 0 Å². The van der Waals surface area contributed by atoms with Crippen molar-refractivity contribution in [1.82, 2.24) is 4.98 Å². The molecule has 0 unspecified atom stereocenters. The maximum Gasteiger partial charge on any atom is 0.348 e. The molecule has 1 N–H and O–H groups in total. The monoisotopic (exact) mass is 311 g/mol. The highest BCUT2D eigenvalue weighted by molar-refractivity contribution is 9.11. The summed E-state index contributed by atoms with van der Waals surface area (Å²) in [4.78, 5) is 15.7. The number of nitrogens with zero attached hydrogens (tertiary/aromatic N) is 1. The summed E-state index contributed by atoms with van der Waals surface area (Å²) in [7, 11) is 0. The molecule has 0 fully saturated rings. The molecule has 0 radical (unpaired) electrons. The molecule has 1 aromatic heterocycles. The molecular weight excluding hydrogens is 302 g/mol. The zero-order chi connectivity index (χ0) is 12.6. The van der Waals surface area contributed by atoms with E-state index in [2.05, 4.69) is 20.9 Å². The van der Waals surface area contributed by atoms with Crippen molar-refractivity contribution < 1.29 is 9.90 Å².